The highest BCUT2D eigenvalue weighted by Gasteiger charge is 2.15. The van der Waals surface area contributed by atoms with Gasteiger partial charge in [0, 0.05) is 40.2 Å². The first-order valence-electron chi connectivity index (χ1n) is 17.1. The van der Waals surface area contributed by atoms with E-state index in [2.05, 4.69) is 102 Å². The van der Waals surface area contributed by atoms with Crippen molar-refractivity contribution in [3.05, 3.63) is 182 Å². The number of fused-ring (bicyclic) bond motifs is 1. The molecule has 0 spiro atoms. The molecule has 0 radical (unpaired) electrons. The lowest BCUT2D eigenvalue weighted by atomic mass is 10.0. The summed E-state index contributed by atoms with van der Waals surface area (Å²) in [7, 11) is 0. The van der Waals surface area contributed by atoms with E-state index in [1.165, 1.54) is 5.56 Å². The molecule has 0 fully saturated rings. The van der Waals surface area contributed by atoms with Crippen LogP contribution in [0.5, 0.6) is 0 Å². The molecule has 0 atom stereocenters. The second kappa shape index (κ2) is 13.6. The second-order valence-electron chi connectivity index (χ2n) is 12.4. The van der Waals surface area contributed by atoms with Crippen molar-refractivity contribution in [2.45, 2.75) is 0 Å². The van der Waals surface area contributed by atoms with Crippen LogP contribution in [-0.2, 0) is 0 Å². The minimum atomic E-state index is 0.613. The van der Waals surface area contributed by atoms with Crippen LogP contribution >= 0.6 is 0 Å². The Morgan fingerprint density at radius 2 is 0.615 bits per heavy atom. The molecule has 0 aliphatic heterocycles. The van der Waals surface area contributed by atoms with Crippen LogP contribution in [0.2, 0.25) is 0 Å². The number of nitrogens with zero attached hydrogens (tertiary/aromatic N) is 6. The third-order valence-corrected chi connectivity index (χ3v) is 9.06. The Kier molecular flexibility index (Phi) is 8.08. The first-order chi connectivity index (χ1) is 25.7. The lowest BCUT2D eigenvalue weighted by molar-refractivity contribution is 1.07. The molecule has 0 unspecified atom stereocenters. The Bertz CT molecular complexity index is 2630. The summed E-state index contributed by atoms with van der Waals surface area (Å²) in [5, 5.41) is 0. The summed E-state index contributed by atoms with van der Waals surface area (Å²) < 4.78 is 0. The van der Waals surface area contributed by atoms with E-state index < -0.39 is 0 Å². The Hall–Kier alpha value is -7.18. The molecule has 0 aliphatic carbocycles. The molecule has 6 aromatic carbocycles. The summed E-state index contributed by atoms with van der Waals surface area (Å²) in [6.45, 7) is 0. The molecule has 3 heterocycles. The highest BCUT2D eigenvalue weighted by Crippen LogP contribution is 2.33. The summed E-state index contributed by atoms with van der Waals surface area (Å²) >= 11 is 0. The van der Waals surface area contributed by atoms with Crippen molar-refractivity contribution in [1.82, 2.24) is 29.9 Å². The van der Waals surface area contributed by atoms with Gasteiger partial charge in [0.05, 0.1) is 22.4 Å². The van der Waals surface area contributed by atoms with Gasteiger partial charge in [0.25, 0.3) is 0 Å². The summed E-state index contributed by atoms with van der Waals surface area (Å²) in [5.74, 6) is 1.87. The van der Waals surface area contributed by atoms with Crippen molar-refractivity contribution in [1.29, 1.82) is 0 Å². The smallest absolute Gasteiger partial charge is 0.164 e. The summed E-state index contributed by atoms with van der Waals surface area (Å²) in [6.07, 6.45) is 3.57. The van der Waals surface area contributed by atoms with E-state index in [1.807, 2.05) is 72.8 Å². The molecule has 0 aliphatic rings. The van der Waals surface area contributed by atoms with Crippen LogP contribution in [0.1, 0.15) is 0 Å². The number of pyridine rings is 1. The van der Waals surface area contributed by atoms with E-state index in [1.54, 1.807) is 12.4 Å². The Balaban J connectivity index is 1.08. The Morgan fingerprint density at radius 1 is 0.250 bits per heavy atom. The normalized spacial score (nSPS) is 11.1. The van der Waals surface area contributed by atoms with E-state index in [-0.39, 0.29) is 0 Å². The van der Waals surface area contributed by atoms with E-state index >= 15 is 0 Å². The zero-order chi connectivity index (χ0) is 34.7. The summed E-state index contributed by atoms with van der Waals surface area (Å²) in [4.78, 5) is 29.3. The van der Waals surface area contributed by atoms with E-state index in [4.69, 9.17) is 24.9 Å². The predicted octanol–water partition coefficient (Wildman–Crippen LogP) is 10.9. The maximum Gasteiger partial charge on any atom is 0.164 e. The molecule has 0 saturated heterocycles. The first kappa shape index (κ1) is 30.8. The predicted molar refractivity (Wildman–Crippen MR) is 209 cm³/mol. The average molecular weight is 667 g/mol. The minimum absolute atomic E-state index is 0.613. The van der Waals surface area contributed by atoms with Gasteiger partial charge in [-0.25, -0.2) is 24.9 Å². The maximum atomic E-state index is 5.16. The largest absolute Gasteiger partial charge is 0.265 e. The number of aromatic nitrogens is 6. The lowest BCUT2D eigenvalue weighted by Crippen LogP contribution is -2.00. The van der Waals surface area contributed by atoms with Gasteiger partial charge in [-0.1, -0.05) is 146 Å². The Morgan fingerprint density at radius 3 is 1.15 bits per heavy atom. The van der Waals surface area contributed by atoms with Crippen LogP contribution in [0.4, 0.5) is 0 Å². The molecule has 0 amide bonds. The topological polar surface area (TPSA) is 77.3 Å². The highest BCUT2D eigenvalue weighted by molar-refractivity contribution is 5.89. The van der Waals surface area contributed by atoms with Crippen molar-refractivity contribution in [3.63, 3.8) is 0 Å². The van der Waals surface area contributed by atoms with Crippen molar-refractivity contribution >= 4 is 11.0 Å². The van der Waals surface area contributed by atoms with Gasteiger partial charge in [0.2, 0.25) is 0 Å². The van der Waals surface area contributed by atoms with Gasteiger partial charge in [-0.2, -0.15) is 0 Å². The molecular weight excluding hydrogens is 637 g/mol. The van der Waals surface area contributed by atoms with Gasteiger partial charge < -0.3 is 0 Å². The number of hydrogen-bond acceptors (Lipinski definition) is 6. The molecule has 9 aromatic rings. The van der Waals surface area contributed by atoms with E-state index in [0.29, 0.717) is 17.5 Å². The zero-order valence-electron chi connectivity index (χ0n) is 28.0. The molecule has 0 bridgehead atoms. The molecule has 0 saturated carbocycles. The minimum Gasteiger partial charge on any atom is -0.265 e. The van der Waals surface area contributed by atoms with Crippen LogP contribution in [-0.4, -0.2) is 29.9 Å². The van der Waals surface area contributed by atoms with Crippen LogP contribution < -0.4 is 0 Å². The third-order valence-electron chi connectivity index (χ3n) is 9.06. The monoisotopic (exact) mass is 666 g/mol. The van der Waals surface area contributed by atoms with Crippen molar-refractivity contribution < 1.29 is 0 Å². The van der Waals surface area contributed by atoms with Crippen molar-refractivity contribution in [2.75, 3.05) is 0 Å². The van der Waals surface area contributed by atoms with Crippen molar-refractivity contribution in [2.24, 2.45) is 0 Å². The second-order valence-corrected chi connectivity index (χ2v) is 12.4. The fraction of sp³-hybridized carbons (Fsp3) is 0. The number of benzene rings is 6. The summed E-state index contributed by atoms with van der Waals surface area (Å²) in [5.41, 5.74) is 12.5. The van der Waals surface area contributed by atoms with Crippen molar-refractivity contribution in [3.8, 4) is 78.9 Å². The van der Waals surface area contributed by atoms with Gasteiger partial charge in [-0.05, 0) is 46.5 Å². The SMILES string of the molecule is c1ccc(-c2ccc(-c3nc(-c4ccccc4)nc(-c4ccc(-c5ccc6nc(-c7ccccc7)c(-c7ccncc7)nc6c5)cc4)n3)cc2)cc1. The quantitative estimate of drug-likeness (QED) is 0.168. The average Bonchev–Trinajstić information content (AvgIpc) is 3.24. The molecule has 0 N–H and O–H groups in total. The fourth-order valence-electron chi connectivity index (χ4n) is 6.35. The van der Waals surface area contributed by atoms with Gasteiger partial charge in [-0.15, -0.1) is 0 Å². The number of hydrogen-bond donors (Lipinski definition) is 0. The molecule has 3 aromatic heterocycles. The first-order valence-corrected chi connectivity index (χ1v) is 17.1. The molecular formula is C46H30N6. The van der Waals surface area contributed by atoms with Crippen LogP contribution in [0, 0.1) is 0 Å². The fourth-order valence-corrected chi connectivity index (χ4v) is 6.35. The standard InChI is InChI=1S/C46H30N6/c1-4-10-31(11-5-1)32-16-20-37(21-17-32)45-50-44(36-14-8-3-9-15-36)51-46(52-45)38-22-18-33(19-23-38)39-24-25-40-41(30-39)49-43(35-26-28-47-29-27-35)42(48-40)34-12-6-2-7-13-34/h1-30H. The zero-order valence-corrected chi connectivity index (χ0v) is 28.0. The van der Waals surface area contributed by atoms with Crippen LogP contribution in [0.15, 0.2) is 182 Å². The van der Waals surface area contributed by atoms with Gasteiger partial charge in [0.1, 0.15) is 0 Å². The van der Waals surface area contributed by atoms with E-state index in [0.717, 1.165) is 66.9 Å². The van der Waals surface area contributed by atoms with Crippen LogP contribution in [0.25, 0.3) is 90.0 Å². The van der Waals surface area contributed by atoms with Gasteiger partial charge >= 0.3 is 0 Å². The lowest BCUT2D eigenvalue weighted by Gasteiger charge is -2.12. The molecule has 9 rings (SSSR count). The summed E-state index contributed by atoms with van der Waals surface area (Å²) in [6, 6.07) is 57.5. The van der Waals surface area contributed by atoms with E-state index in [9.17, 15) is 0 Å². The number of rotatable bonds is 7. The van der Waals surface area contributed by atoms with Gasteiger partial charge in [-0.3, -0.25) is 4.98 Å². The third kappa shape index (κ3) is 6.21. The molecule has 244 valence electrons. The van der Waals surface area contributed by atoms with Gasteiger partial charge in [0.15, 0.2) is 17.5 Å². The van der Waals surface area contributed by atoms with Crippen LogP contribution in [0.3, 0.4) is 0 Å². The Labute approximate surface area is 301 Å². The highest BCUT2D eigenvalue weighted by atomic mass is 15.0. The molecule has 6 nitrogen and oxygen atoms in total. The maximum absolute atomic E-state index is 5.16. The molecule has 52 heavy (non-hydrogen) atoms. The molecule has 6 heteroatoms.